The summed E-state index contributed by atoms with van der Waals surface area (Å²) in [5.41, 5.74) is 2.39. The van der Waals surface area contributed by atoms with E-state index in [1.807, 2.05) is 31.3 Å². The fourth-order valence-corrected chi connectivity index (χ4v) is 2.70. The Morgan fingerprint density at radius 2 is 1.80 bits per heavy atom. The van der Waals surface area contributed by atoms with Gasteiger partial charge in [-0.25, -0.2) is 4.39 Å². The van der Waals surface area contributed by atoms with Crippen molar-refractivity contribution in [2.75, 3.05) is 7.05 Å². The van der Waals surface area contributed by atoms with Gasteiger partial charge in [0.1, 0.15) is 5.82 Å². The molecule has 0 amide bonds. The molecule has 106 valence electrons. The molecule has 0 aliphatic carbocycles. The van der Waals surface area contributed by atoms with Gasteiger partial charge in [0.15, 0.2) is 0 Å². The Hall–Kier alpha value is -1.09. The number of hydrogen-bond acceptors (Lipinski definition) is 1. The maximum Gasteiger partial charge on any atom is 0.126 e. The number of nitrogens with one attached hydrogen (secondary N) is 1. The molecule has 2 aromatic rings. The van der Waals surface area contributed by atoms with Gasteiger partial charge in [0.05, 0.1) is 0 Å². The lowest BCUT2D eigenvalue weighted by Crippen LogP contribution is -2.19. The van der Waals surface area contributed by atoms with Crippen LogP contribution in [0.3, 0.4) is 0 Å². The summed E-state index contributed by atoms with van der Waals surface area (Å²) in [5.74, 6) is -0.201. The lowest BCUT2D eigenvalue weighted by atomic mass is 9.98. The number of benzene rings is 2. The van der Waals surface area contributed by atoms with Gasteiger partial charge in [-0.05, 0) is 55.3 Å². The van der Waals surface area contributed by atoms with Gasteiger partial charge in [-0.15, -0.1) is 0 Å². The molecule has 0 radical (unpaired) electrons. The van der Waals surface area contributed by atoms with Crippen LogP contribution in [0.2, 0.25) is 10.0 Å². The molecule has 1 nitrogen and oxygen atoms in total. The molecule has 0 bridgehead atoms. The first-order valence-corrected chi connectivity index (χ1v) is 7.14. The molecule has 0 aliphatic heterocycles. The van der Waals surface area contributed by atoms with E-state index in [-0.39, 0.29) is 11.9 Å². The highest BCUT2D eigenvalue weighted by Crippen LogP contribution is 2.29. The van der Waals surface area contributed by atoms with Crippen LogP contribution in [0.1, 0.15) is 22.7 Å². The predicted molar refractivity (Wildman–Crippen MR) is 83.1 cm³/mol. The minimum Gasteiger partial charge on any atom is -0.313 e. The Morgan fingerprint density at radius 3 is 2.35 bits per heavy atom. The summed E-state index contributed by atoms with van der Waals surface area (Å²) in [5, 5.41) is 4.44. The van der Waals surface area contributed by atoms with Crippen molar-refractivity contribution in [2.24, 2.45) is 0 Å². The summed E-state index contributed by atoms with van der Waals surface area (Å²) in [7, 11) is 1.84. The zero-order valence-corrected chi connectivity index (χ0v) is 12.9. The van der Waals surface area contributed by atoms with E-state index in [4.69, 9.17) is 23.2 Å². The average molecular weight is 312 g/mol. The van der Waals surface area contributed by atoms with Gasteiger partial charge in [-0.1, -0.05) is 41.4 Å². The number of halogens is 3. The summed E-state index contributed by atoms with van der Waals surface area (Å²) < 4.78 is 13.7. The van der Waals surface area contributed by atoms with Crippen molar-refractivity contribution < 1.29 is 4.39 Å². The molecule has 0 fully saturated rings. The minimum absolute atomic E-state index is 0.0394. The highest BCUT2D eigenvalue weighted by atomic mass is 35.5. The molecule has 0 spiro atoms. The van der Waals surface area contributed by atoms with Gasteiger partial charge in [-0.3, -0.25) is 0 Å². The molecule has 1 N–H and O–H groups in total. The fraction of sp³-hybridized carbons (Fsp3) is 0.250. The number of rotatable bonds is 4. The van der Waals surface area contributed by atoms with Crippen LogP contribution in [0.5, 0.6) is 0 Å². The third kappa shape index (κ3) is 3.32. The third-order valence-corrected chi connectivity index (χ3v) is 4.12. The minimum atomic E-state index is -0.201. The maximum absolute atomic E-state index is 13.7. The maximum atomic E-state index is 13.7. The topological polar surface area (TPSA) is 12.0 Å². The summed E-state index contributed by atoms with van der Waals surface area (Å²) in [6, 6.07) is 10.7. The van der Waals surface area contributed by atoms with Gasteiger partial charge < -0.3 is 5.32 Å². The molecule has 1 atom stereocenters. The van der Waals surface area contributed by atoms with Gasteiger partial charge >= 0.3 is 0 Å². The second kappa shape index (κ2) is 6.57. The van der Waals surface area contributed by atoms with Crippen LogP contribution in [-0.2, 0) is 6.42 Å². The molecule has 20 heavy (non-hydrogen) atoms. The second-order valence-corrected chi connectivity index (χ2v) is 5.57. The standard InChI is InChI=1S/C16H16Cl2FN/c1-10-6-7-11(8-15(10)19)16(20-2)9-12-13(17)4-3-5-14(12)18/h3-8,16,20H,9H2,1-2H3. The fourth-order valence-electron chi connectivity index (χ4n) is 2.14. The first-order chi connectivity index (χ1) is 9.52. The van der Waals surface area contributed by atoms with Crippen molar-refractivity contribution in [1.82, 2.24) is 5.32 Å². The van der Waals surface area contributed by atoms with E-state index in [0.29, 0.717) is 22.0 Å². The zero-order chi connectivity index (χ0) is 14.7. The Kier molecular flexibility index (Phi) is 5.03. The van der Waals surface area contributed by atoms with E-state index < -0.39 is 0 Å². The van der Waals surface area contributed by atoms with Gasteiger partial charge in [0.2, 0.25) is 0 Å². The van der Waals surface area contributed by atoms with Gasteiger partial charge in [0.25, 0.3) is 0 Å². The predicted octanol–water partition coefficient (Wildman–Crippen LogP) is 4.94. The first-order valence-electron chi connectivity index (χ1n) is 6.39. The van der Waals surface area contributed by atoms with Crippen molar-refractivity contribution in [3.05, 3.63) is 69.0 Å². The number of likely N-dealkylation sites (N-methyl/N-ethyl adjacent to an activating group) is 1. The van der Waals surface area contributed by atoms with Crippen molar-refractivity contribution >= 4 is 23.2 Å². The van der Waals surface area contributed by atoms with Gasteiger partial charge in [-0.2, -0.15) is 0 Å². The monoisotopic (exact) mass is 311 g/mol. The molecule has 0 aromatic heterocycles. The van der Waals surface area contributed by atoms with Crippen LogP contribution in [0.15, 0.2) is 36.4 Å². The lowest BCUT2D eigenvalue weighted by Gasteiger charge is -2.19. The second-order valence-electron chi connectivity index (χ2n) is 4.75. The van der Waals surface area contributed by atoms with Crippen LogP contribution in [0.25, 0.3) is 0 Å². The van der Waals surface area contributed by atoms with Crippen molar-refractivity contribution in [3.8, 4) is 0 Å². The van der Waals surface area contributed by atoms with E-state index >= 15 is 0 Å². The lowest BCUT2D eigenvalue weighted by molar-refractivity contribution is 0.574. The van der Waals surface area contributed by atoms with Crippen LogP contribution in [0, 0.1) is 12.7 Å². The van der Waals surface area contributed by atoms with Crippen molar-refractivity contribution in [3.63, 3.8) is 0 Å². The normalized spacial score (nSPS) is 12.4. The van der Waals surface area contributed by atoms with E-state index in [1.54, 1.807) is 19.1 Å². The highest BCUT2D eigenvalue weighted by molar-refractivity contribution is 6.36. The summed E-state index contributed by atoms with van der Waals surface area (Å²) >= 11 is 12.4. The number of hydrogen-bond donors (Lipinski definition) is 1. The highest BCUT2D eigenvalue weighted by Gasteiger charge is 2.15. The van der Waals surface area contributed by atoms with E-state index in [2.05, 4.69) is 5.32 Å². The third-order valence-electron chi connectivity index (χ3n) is 3.42. The number of aryl methyl sites for hydroxylation is 1. The molecule has 1 unspecified atom stereocenters. The summed E-state index contributed by atoms with van der Waals surface area (Å²) in [6.07, 6.45) is 0.609. The van der Waals surface area contributed by atoms with Crippen LogP contribution < -0.4 is 5.32 Å². The van der Waals surface area contributed by atoms with E-state index in [1.165, 1.54) is 0 Å². The molecule has 2 rings (SSSR count). The molecule has 2 aromatic carbocycles. The van der Waals surface area contributed by atoms with Crippen molar-refractivity contribution in [2.45, 2.75) is 19.4 Å². The Bertz CT molecular complexity index is 593. The molecule has 0 saturated heterocycles. The largest absolute Gasteiger partial charge is 0.313 e. The molecule has 0 heterocycles. The quantitative estimate of drug-likeness (QED) is 0.843. The van der Waals surface area contributed by atoms with Crippen LogP contribution in [-0.4, -0.2) is 7.05 Å². The summed E-state index contributed by atoms with van der Waals surface area (Å²) in [6.45, 7) is 1.75. The molecule has 0 saturated carbocycles. The molecular weight excluding hydrogens is 296 g/mol. The SMILES string of the molecule is CNC(Cc1c(Cl)cccc1Cl)c1ccc(C)c(F)c1. The van der Waals surface area contributed by atoms with Crippen LogP contribution in [0.4, 0.5) is 4.39 Å². The van der Waals surface area contributed by atoms with E-state index in [9.17, 15) is 4.39 Å². The molecular formula is C16H16Cl2FN. The molecule has 0 aliphatic rings. The Morgan fingerprint density at radius 1 is 1.15 bits per heavy atom. The smallest absolute Gasteiger partial charge is 0.126 e. The van der Waals surface area contributed by atoms with Crippen LogP contribution >= 0.6 is 23.2 Å². The average Bonchev–Trinajstić information content (AvgIpc) is 2.42. The molecule has 4 heteroatoms. The van der Waals surface area contributed by atoms with E-state index in [0.717, 1.165) is 11.1 Å². The van der Waals surface area contributed by atoms with Crippen molar-refractivity contribution in [1.29, 1.82) is 0 Å². The first kappa shape index (κ1) is 15.3. The zero-order valence-electron chi connectivity index (χ0n) is 11.4. The summed E-state index contributed by atoms with van der Waals surface area (Å²) in [4.78, 5) is 0. The Balaban J connectivity index is 2.31. The Labute approximate surface area is 128 Å². The van der Waals surface area contributed by atoms with Gasteiger partial charge in [0, 0.05) is 16.1 Å².